The van der Waals surface area contributed by atoms with Gasteiger partial charge in [0.05, 0.1) is 23.7 Å². The maximum Gasteiger partial charge on any atom is 0.251 e. The molecule has 4 heterocycles. The fourth-order valence-corrected chi connectivity index (χ4v) is 7.59. The number of fused-ring (bicyclic) bond motifs is 1. The summed E-state index contributed by atoms with van der Waals surface area (Å²) in [5.74, 6) is -0.408. The Bertz CT molecular complexity index is 1250. The molecule has 3 aliphatic heterocycles. The lowest BCUT2D eigenvalue weighted by atomic mass is 10.0. The standard InChI is InChI=1S/C30H41N5O5S2/c1-19(2)15-22(29(38)35-16-25(41-4)27-26(35)24(36)17-40-27)31-28(37)21-7-5-20(6-8-21)23-18-42-30(32-23)34-11-9-33(10-12-34)13-14-39-3/h5-8,18-19,22,25-27H,9-17H2,1-4H3,(H,31,37)/t22-,25-,26+,27+/m0/s1. The van der Waals surface area contributed by atoms with Crippen molar-refractivity contribution in [3.63, 3.8) is 0 Å². The molecule has 0 aliphatic carbocycles. The molecule has 0 radical (unpaired) electrons. The SMILES string of the molecule is COCCN1CCN(c2nc(-c3ccc(C(=O)N[C@@H](CC(C)C)C(=O)N4C[C@H](SC)[C@H]5OCC(=O)[C@H]54)cc3)cs2)CC1. The van der Waals surface area contributed by atoms with Gasteiger partial charge >= 0.3 is 0 Å². The average molecular weight is 616 g/mol. The molecule has 10 nitrogen and oxygen atoms in total. The van der Waals surface area contributed by atoms with Crippen molar-refractivity contribution in [1.82, 2.24) is 20.1 Å². The zero-order chi connectivity index (χ0) is 29.8. The number of Topliss-reactive ketones (excluding diaryl/α,β-unsaturated/α-hetero) is 1. The molecular weight excluding hydrogens is 574 g/mol. The summed E-state index contributed by atoms with van der Waals surface area (Å²) in [6.45, 7) is 10.1. The minimum Gasteiger partial charge on any atom is -0.383 e. The first-order valence-electron chi connectivity index (χ1n) is 14.6. The number of carbonyl (C=O) groups excluding carboxylic acids is 3. The Morgan fingerprint density at radius 3 is 2.60 bits per heavy atom. The molecule has 12 heteroatoms. The Morgan fingerprint density at radius 1 is 1.19 bits per heavy atom. The molecule has 1 N–H and O–H groups in total. The number of methoxy groups -OCH3 is 1. The summed E-state index contributed by atoms with van der Waals surface area (Å²) < 4.78 is 10.9. The van der Waals surface area contributed by atoms with Gasteiger partial charge in [-0.2, -0.15) is 11.8 Å². The topological polar surface area (TPSA) is 104 Å². The van der Waals surface area contributed by atoms with Crippen LogP contribution in [0.3, 0.4) is 0 Å². The van der Waals surface area contributed by atoms with E-state index in [9.17, 15) is 14.4 Å². The third kappa shape index (κ3) is 6.83. The predicted octanol–water partition coefficient (Wildman–Crippen LogP) is 2.63. The summed E-state index contributed by atoms with van der Waals surface area (Å²) in [6, 6.07) is 6.07. The van der Waals surface area contributed by atoms with Crippen molar-refractivity contribution in [3.8, 4) is 11.3 Å². The second-order valence-electron chi connectivity index (χ2n) is 11.5. The number of piperazine rings is 1. The molecule has 0 saturated carbocycles. The number of hydrogen-bond acceptors (Lipinski definition) is 10. The number of aromatic nitrogens is 1. The number of carbonyl (C=O) groups is 3. The molecule has 3 aliphatic rings. The number of rotatable bonds is 11. The van der Waals surface area contributed by atoms with Crippen LogP contribution in [0.5, 0.6) is 0 Å². The smallest absolute Gasteiger partial charge is 0.251 e. The quantitative estimate of drug-likeness (QED) is 0.409. The van der Waals surface area contributed by atoms with E-state index in [1.807, 2.05) is 32.2 Å². The highest BCUT2D eigenvalue weighted by Crippen LogP contribution is 2.34. The second-order valence-corrected chi connectivity index (χ2v) is 13.4. The van der Waals surface area contributed by atoms with Gasteiger partial charge in [-0.05, 0) is 30.7 Å². The van der Waals surface area contributed by atoms with Crippen LogP contribution in [0.1, 0.15) is 30.6 Å². The first-order chi connectivity index (χ1) is 20.3. The largest absolute Gasteiger partial charge is 0.383 e. The maximum atomic E-state index is 13.7. The highest BCUT2D eigenvalue weighted by atomic mass is 32.2. The van der Waals surface area contributed by atoms with Crippen LogP contribution < -0.4 is 10.2 Å². The maximum absolute atomic E-state index is 13.7. The Morgan fingerprint density at radius 2 is 1.93 bits per heavy atom. The van der Waals surface area contributed by atoms with E-state index < -0.39 is 12.1 Å². The number of thiazole rings is 1. The number of likely N-dealkylation sites (tertiary alicyclic amines) is 1. The molecule has 3 saturated heterocycles. The molecule has 4 atom stereocenters. The third-order valence-electron chi connectivity index (χ3n) is 8.22. The van der Waals surface area contributed by atoms with Crippen LogP contribution in [0.15, 0.2) is 29.6 Å². The van der Waals surface area contributed by atoms with Gasteiger partial charge in [0.15, 0.2) is 10.9 Å². The van der Waals surface area contributed by atoms with Gasteiger partial charge < -0.3 is 24.6 Å². The number of amides is 2. The van der Waals surface area contributed by atoms with Crippen LogP contribution in [0.4, 0.5) is 5.13 Å². The van der Waals surface area contributed by atoms with Crippen molar-refractivity contribution in [2.75, 3.05) is 70.7 Å². The van der Waals surface area contributed by atoms with Crippen molar-refractivity contribution < 1.29 is 23.9 Å². The van der Waals surface area contributed by atoms with Gasteiger partial charge in [0.1, 0.15) is 18.7 Å². The van der Waals surface area contributed by atoms with Crippen LogP contribution in [0.25, 0.3) is 11.3 Å². The monoisotopic (exact) mass is 615 g/mol. The first-order valence-corrected chi connectivity index (χ1v) is 16.8. The molecule has 3 fully saturated rings. The number of nitrogens with zero attached hydrogens (tertiary/aromatic N) is 4. The molecule has 2 aromatic rings. The Kier molecular flexibility index (Phi) is 10.2. The number of hydrogen-bond donors (Lipinski definition) is 1. The Balaban J connectivity index is 1.22. The number of benzene rings is 1. The molecule has 0 unspecified atom stereocenters. The van der Waals surface area contributed by atoms with Crippen LogP contribution >= 0.6 is 23.1 Å². The highest BCUT2D eigenvalue weighted by Gasteiger charge is 2.52. The van der Waals surface area contributed by atoms with Gasteiger partial charge in [0.25, 0.3) is 5.91 Å². The predicted molar refractivity (Wildman–Crippen MR) is 166 cm³/mol. The zero-order valence-electron chi connectivity index (χ0n) is 24.8. The van der Waals surface area contributed by atoms with E-state index in [0.29, 0.717) is 18.5 Å². The summed E-state index contributed by atoms with van der Waals surface area (Å²) in [5, 5.41) is 6.08. The molecule has 5 rings (SSSR count). The molecular formula is C30H41N5O5S2. The van der Waals surface area contributed by atoms with E-state index in [-0.39, 0.29) is 41.5 Å². The summed E-state index contributed by atoms with van der Waals surface area (Å²) >= 11 is 3.24. The lowest BCUT2D eigenvalue weighted by Crippen LogP contribution is -2.52. The minimum atomic E-state index is -0.720. The lowest BCUT2D eigenvalue weighted by molar-refractivity contribution is -0.138. The summed E-state index contributed by atoms with van der Waals surface area (Å²) in [4.78, 5) is 50.8. The van der Waals surface area contributed by atoms with Crippen LogP contribution in [0, 0.1) is 5.92 Å². The zero-order valence-corrected chi connectivity index (χ0v) is 26.4. The van der Waals surface area contributed by atoms with E-state index in [4.69, 9.17) is 14.5 Å². The van der Waals surface area contributed by atoms with Gasteiger partial charge in [-0.25, -0.2) is 4.98 Å². The summed E-state index contributed by atoms with van der Waals surface area (Å²) in [7, 11) is 1.73. The fraction of sp³-hybridized carbons (Fsp3) is 0.600. The molecule has 0 bridgehead atoms. The summed E-state index contributed by atoms with van der Waals surface area (Å²) in [6.07, 6.45) is 2.17. The van der Waals surface area contributed by atoms with E-state index >= 15 is 0 Å². The molecule has 1 aromatic heterocycles. The number of anilines is 1. The van der Waals surface area contributed by atoms with E-state index in [0.717, 1.165) is 55.7 Å². The minimum absolute atomic E-state index is 0.0374. The fourth-order valence-electron chi connectivity index (χ4n) is 5.90. The first kappa shape index (κ1) is 30.9. The third-order valence-corrected chi connectivity index (χ3v) is 10.1. The van der Waals surface area contributed by atoms with Gasteiger partial charge in [-0.1, -0.05) is 26.0 Å². The number of nitrogens with one attached hydrogen (secondary N) is 1. The number of ether oxygens (including phenoxy) is 2. The van der Waals surface area contributed by atoms with Gasteiger partial charge in [-0.3, -0.25) is 19.3 Å². The van der Waals surface area contributed by atoms with Crippen molar-refractivity contribution in [1.29, 1.82) is 0 Å². The van der Waals surface area contributed by atoms with Gasteiger partial charge in [-0.15, -0.1) is 11.3 Å². The van der Waals surface area contributed by atoms with Crippen molar-refractivity contribution in [2.24, 2.45) is 5.92 Å². The lowest BCUT2D eigenvalue weighted by Gasteiger charge is -2.34. The van der Waals surface area contributed by atoms with Gasteiger partial charge in [0, 0.05) is 62.9 Å². The molecule has 42 heavy (non-hydrogen) atoms. The van der Waals surface area contributed by atoms with Crippen molar-refractivity contribution >= 4 is 45.8 Å². The van der Waals surface area contributed by atoms with E-state index in [1.165, 1.54) is 0 Å². The van der Waals surface area contributed by atoms with Crippen LogP contribution in [0.2, 0.25) is 0 Å². The normalized spacial score (nSPS) is 23.5. The van der Waals surface area contributed by atoms with E-state index in [2.05, 4.69) is 20.5 Å². The Hall–Kier alpha value is -2.51. The van der Waals surface area contributed by atoms with Crippen LogP contribution in [-0.4, -0.2) is 122 Å². The average Bonchev–Trinajstić information content (AvgIpc) is 3.73. The second kappa shape index (κ2) is 13.9. The van der Waals surface area contributed by atoms with Gasteiger partial charge in [0.2, 0.25) is 5.91 Å². The van der Waals surface area contributed by atoms with E-state index in [1.54, 1.807) is 47.2 Å². The molecule has 2 amide bonds. The van der Waals surface area contributed by atoms with Crippen molar-refractivity contribution in [3.05, 3.63) is 35.2 Å². The Labute approximate surface area is 256 Å². The molecule has 0 spiro atoms. The highest BCUT2D eigenvalue weighted by molar-refractivity contribution is 7.99. The summed E-state index contributed by atoms with van der Waals surface area (Å²) in [5.41, 5.74) is 2.30. The number of thioether (sulfide) groups is 1. The van der Waals surface area contributed by atoms with Crippen molar-refractivity contribution in [2.45, 2.75) is 43.7 Å². The molecule has 1 aromatic carbocycles. The number of ketones is 1. The van der Waals surface area contributed by atoms with Crippen LogP contribution in [-0.2, 0) is 19.1 Å². The molecule has 228 valence electrons.